The number of rotatable bonds is 5. The highest BCUT2D eigenvalue weighted by atomic mass is 14.3. The predicted octanol–water partition coefficient (Wildman–Crippen LogP) is 8.70. The summed E-state index contributed by atoms with van der Waals surface area (Å²) < 4.78 is 0. The topological polar surface area (TPSA) is 0 Å². The number of aryl methyl sites for hydroxylation is 3. The molecule has 3 aromatic carbocycles. The van der Waals surface area contributed by atoms with Crippen LogP contribution in [0.3, 0.4) is 0 Å². The van der Waals surface area contributed by atoms with Crippen molar-refractivity contribution in [3.05, 3.63) is 141 Å². The van der Waals surface area contributed by atoms with Crippen LogP contribution in [0.2, 0.25) is 0 Å². The van der Waals surface area contributed by atoms with Gasteiger partial charge in [-0.15, -0.1) is 0 Å². The van der Waals surface area contributed by atoms with Crippen LogP contribution in [0, 0.1) is 20.8 Å². The first-order valence-electron chi connectivity index (χ1n) is 11.9. The molecule has 0 saturated carbocycles. The van der Waals surface area contributed by atoms with Crippen LogP contribution in [-0.4, -0.2) is 0 Å². The van der Waals surface area contributed by atoms with Crippen molar-refractivity contribution in [3.8, 4) is 0 Å². The van der Waals surface area contributed by atoms with Gasteiger partial charge in [0.15, 0.2) is 0 Å². The van der Waals surface area contributed by atoms with E-state index in [0.29, 0.717) is 5.92 Å². The number of hydrogen-bond donors (Lipinski definition) is 0. The molecule has 0 amide bonds. The molecule has 2 aliphatic carbocycles. The molecule has 0 aromatic heterocycles. The Labute approximate surface area is 198 Å². The van der Waals surface area contributed by atoms with Gasteiger partial charge in [0.25, 0.3) is 0 Å². The Morgan fingerprint density at radius 2 is 1.58 bits per heavy atom. The van der Waals surface area contributed by atoms with E-state index >= 15 is 0 Å². The van der Waals surface area contributed by atoms with Gasteiger partial charge in [-0.1, -0.05) is 102 Å². The molecule has 0 N–H and O–H groups in total. The van der Waals surface area contributed by atoms with Crippen molar-refractivity contribution in [1.82, 2.24) is 0 Å². The van der Waals surface area contributed by atoms with E-state index in [4.69, 9.17) is 0 Å². The van der Waals surface area contributed by atoms with Crippen molar-refractivity contribution in [2.45, 2.75) is 46.5 Å². The summed E-state index contributed by atoms with van der Waals surface area (Å²) in [5.41, 5.74) is 16.3. The van der Waals surface area contributed by atoms with Gasteiger partial charge in [0.05, 0.1) is 0 Å². The van der Waals surface area contributed by atoms with Gasteiger partial charge in [0, 0.05) is 5.92 Å². The van der Waals surface area contributed by atoms with Crippen LogP contribution in [0.25, 0.3) is 11.1 Å². The van der Waals surface area contributed by atoms with Crippen LogP contribution in [0.15, 0.2) is 102 Å². The minimum absolute atomic E-state index is 0.400. The smallest absolute Gasteiger partial charge is 0.0101 e. The van der Waals surface area contributed by atoms with Gasteiger partial charge in [-0.3, -0.25) is 0 Å². The van der Waals surface area contributed by atoms with Gasteiger partial charge in [-0.25, -0.2) is 0 Å². The lowest BCUT2D eigenvalue weighted by Crippen LogP contribution is -2.03. The Hall–Kier alpha value is -3.38. The van der Waals surface area contributed by atoms with Gasteiger partial charge in [-0.05, 0) is 90.6 Å². The monoisotopic (exact) mass is 428 g/mol. The average molecular weight is 429 g/mol. The lowest BCUT2D eigenvalue weighted by atomic mass is 9.87. The first-order valence-corrected chi connectivity index (χ1v) is 11.9. The zero-order valence-electron chi connectivity index (χ0n) is 20.2. The molecular formula is C33H32. The lowest BCUT2D eigenvalue weighted by Gasteiger charge is -2.17. The summed E-state index contributed by atoms with van der Waals surface area (Å²) in [6.45, 7) is 13.6. The van der Waals surface area contributed by atoms with E-state index in [1.807, 2.05) is 0 Å². The van der Waals surface area contributed by atoms with E-state index in [-0.39, 0.29) is 0 Å². The highest BCUT2D eigenvalue weighted by Crippen LogP contribution is 2.49. The third-order valence-electron chi connectivity index (χ3n) is 7.39. The van der Waals surface area contributed by atoms with Crippen molar-refractivity contribution in [2.24, 2.45) is 0 Å². The van der Waals surface area contributed by atoms with Crippen molar-refractivity contribution in [2.75, 3.05) is 0 Å². The molecule has 0 spiro atoms. The molecular weight excluding hydrogens is 396 g/mol. The Balaban J connectivity index is 1.48. The third kappa shape index (κ3) is 3.95. The number of allylic oxidation sites excluding steroid dienone is 7. The fourth-order valence-electron chi connectivity index (χ4n) is 5.51. The molecule has 0 aliphatic heterocycles. The third-order valence-corrected chi connectivity index (χ3v) is 7.39. The Morgan fingerprint density at radius 1 is 0.848 bits per heavy atom. The number of benzene rings is 3. The molecule has 0 heteroatoms. The van der Waals surface area contributed by atoms with Crippen LogP contribution in [0.5, 0.6) is 0 Å². The van der Waals surface area contributed by atoms with Crippen LogP contribution in [0.4, 0.5) is 0 Å². The van der Waals surface area contributed by atoms with Crippen LogP contribution in [-0.2, 0) is 6.42 Å². The van der Waals surface area contributed by atoms with E-state index in [2.05, 4.69) is 113 Å². The van der Waals surface area contributed by atoms with Crippen LogP contribution < -0.4 is 0 Å². The first kappa shape index (κ1) is 21.5. The molecule has 0 saturated heterocycles. The van der Waals surface area contributed by atoms with Gasteiger partial charge in [0.1, 0.15) is 0 Å². The second-order valence-electron chi connectivity index (χ2n) is 9.74. The molecule has 2 aliphatic rings. The minimum Gasteiger partial charge on any atom is -0.0908 e. The first-order chi connectivity index (χ1) is 15.9. The second kappa shape index (κ2) is 8.52. The zero-order chi connectivity index (χ0) is 23.1. The SMILES string of the molecule is C=C(C1=CC=C(c2ccccc2)C1)C1=C(C)C(Cc2ccc(C)cc2C)c2ccc(C)cc21. The quantitative estimate of drug-likeness (QED) is 0.381. The molecule has 0 bridgehead atoms. The van der Waals surface area contributed by atoms with Gasteiger partial charge in [-0.2, -0.15) is 0 Å². The lowest BCUT2D eigenvalue weighted by molar-refractivity contribution is 0.798. The van der Waals surface area contributed by atoms with Crippen molar-refractivity contribution >= 4 is 11.1 Å². The number of hydrogen-bond acceptors (Lipinski definition) is 0. The summed E-state index contributed by atoms with van der Waals surface area (Å²) in [6, 6.07) is 24.5. The van der Waals surface area contributed by atoms with Crippen molar-refractivity contribution < 1.29 is 0 Å². The normalized spacial score (nSPS) is 17.2. The fraction of sp³-hybridized carbons (Fsp3) is 0.212. The summed E-state index contributed by atoms with van der Waals surface area (Å²) in [5, 5.41) is 0. The van der Waals surface area contributed by atoms with E-state index in [1.54, 1.807) is 0 Å². The maximum absolute atomic E-state index is 4.64. The summed E-state index contributed by atoms with van der Waals surface area (Å²) >= 11 is 0. The zero-order valence-corrected chi connectivity index (χ0v) is 20.2. The molecule has 164 valence electrons. The molecule has 1 atom stereocenters. The molecule has 33 heavy (non-hydrogen) atoms. The second-order valence-corrected chi connectivity index (χ2v) is 9.74. The molecule has 0 nitrogen and oxygen atoms in total. The largest absolute Gasteiger partial charge is 0.0908 e. The van der Waals surface area contributed by atoms with Gasteiger partial charge >= 0.3 is 0 Å². The highest BCUT2D eigenvalue weighted by Gasteiger charge is 2.31. The molecule has 1 unspecified atom stereocenters. The average Bonchev–Trinajstić information content (AvgIpc) is 3.39. The Morgan fingerprint density at radius 3 is 2.33 bits per heavy atom. The summed E-state index contributed by atoms with van der Waals surface area (Å²) in [5.74, 6) is 0.400. The molecule has 3 aromatic rings. The standard InChI is InChI=1S/C33H32/c1-21-11-13-27(23(3)17-21)20-31-25(5)33(32-18-22(2)12-16-30(31)32)24(4)28-14-15-29(19-28)26-9-7-6-8-10-26/h6-18,31H,4,19-20H2,1-3,5H3. The summed E-state index contributed by atoms with van der Waals surface area (Å²) in [7, 11) is 0. The van der Waals surface area contributed by atoms with E-state index in [1.165, 1.54) is 66.8 Å². The van der Waals surface area contributed by atoms with E-state index in [9.17, 15) is 0 Å². The number of fused-ring (bicyclic) bond motifs is 1. The van der Waals surface area contributed by atoms with Gasteiger partial charge in [0.2, 0.25) is 0 Å². The summed E-state index contributed by atoms with van der Waals surface area (Å²) in [4.78, 5) is 0. The Bertz CT molecular complexity index is 1340. The van der Waals surface area contributed by atoms with Crippen LogP contribution >= 0.6 is 0 Å². The fourth-order valence-corrected chi connectivity index (χ4v) is 5.51. The van der Waals surface area contributed by atoms with E-state index < -0.39 is 0 Å². The Kier molecular flexibility index (Phi) is 5.54. The van der Waals surface area contributed by atoms with Crippen molar-refractivity contribution in [1.29, 1.82) is 0 Å². The molecule has 5 rings (SSSR count). The summed E-state index contributed by atoms with van der Waals surface area (Å²) in [6.07, 6.45) is 6.53. The predicted molar refractivity (Wildman–Crippen MR) is 142 cm³/mol. The van der Waals surface area contributed by atoms with Gasteiger partial charge < -0.3 is 0 Å². The molecule has 0 heterocycles. The molecule has 0 radical (unpaired) electrons. The maximum atomic E-state index is 4.64. The minimum atomic E-state index is 0.400. The maximum Gasteiger partial charge on any atom is 0.0101 e. The molecule has 0 fully saturated rings. The van der Waals surface area contributed by atoms with Crippen LogP contribution in [0.1, 0.15) is 58.2 Å². The van der Waals surface area contributed by atoms with Crippen molar-refractivity contribution in [3.63, 3.8) is 0 Å². The highest BCUT2D eigenvalue weighted by molar-refractivity contribution is 5.92. The van der Waals surface area contributed by atoms with E-state index in [0.717, 1.165) is 12.8 Å².